The standard InChI is InChI=1S/C9H10F4N2O2/c10-8(11)6(14)4-1-2-9(12,13)7(4)15-3-5(16)17/h4,8,14H,1-3H2,(H,16,17). The van der Waals surface area contributed by atoms with Gasteiger partial charge in [-0.3, -0.25) is 9.79 Å². The molecule has 1 unspecified atom stereocenters. The second kappa shape index (κ2) is 4.80. The highest BCUT2D eigenvalue weighted by atomic mass is 19.3. The number of carboxylic acids is 1. The van der Waals surface area contributed by atoms with E-state index in [9.17, 15) is 22.4 Å². The smallest absolute Gasteiger partial charge is 0.325 e. The summed E-state index contributed by atoms with van der Waals surface area (Å²) >= 11 is 0. The topological polar surface area (TPSA) is 73.5 Å². The number of hydrogen-bond donors (Lipinski definition) is 2. The monoisotopic (exact) mass is 254 g/mol. The number of carbonyl (C=O) groups is 1. The highest BCUT2D eigenvalue weighted by Crippen LogP contribution is 2.38. The van der Waals surface area contributed by atoms with Crippen LogP contribution in [0.2, 0.25) is 0 Å². The highest BCUT2D eigenvalue weighted by Gasteiger charge is 2.49. The van der Waals surface area contributed by atoms with Gasteiger partial charge in [0.2, 0.25) is 0 Å². The number of nitrogens with one attached hydrogen (secondary N) is 1. The number of rotatable bonds is 4. The average Bonchev–Trinajstić information content (AvgIpc) is 2.49. The molecule has 0 saturated heterocycles. The van der Waals surface area contributed by atoms with E-state index in [-0.39, 0.29) is 6.42 Å². The Balaban J connectivity index is 2.96. The summed E-state index contributed by atoms with van der Waals surface area (Å²) in [5.74, 6) is -6.28. The molecule has 0 spiro atoms. The van der Waals surface area contributed by atoms with Gasteiger partial charge in [0.1, 0.15) is 6.54 Å². The van der Waals surface area contributed by atoms with Crippen molar-refractivity contribution in [2.75, 3.05) is 6.54 Å². The lowest BCUT2D eigenvalue weighted by molar-refractivity contribution is -0.135. The van der Waals surface area contributed by atoms with Gasteiger partial charge in [0, 0.05) is 12.3 Å². The van der Waals surface area contributed by atoms with Crippen LogP contribution in [0.5, 0.6) is 0 Å². The zero-order valence-corrected chi connectivity index (χ0v) is 8.59. The van der Waals surface area contributed by atoms with Crippen molar-refractivity contribution in [2.45, 2.75) is 25.2 Å². The summed E-state index contributed by atoms with van der Waals surface area (Å²) in [6.07, 6.45) is -4.14. The van der Waals surface area contributed by atoms with E-state index in [0.717, 1.165) is 0 Å². The molecule has 0 aromatic rings. The molecule has 1 fully saturated rings. The third kappa shape index (κ3) is 3.01. The number of alkyl halides is 4. The van der Waals surface area contributed by atoms with Crippen molar-refractivity contribution in [1.82, 2.24) is 0 Å². The number of hydrogen-bond acceptors (Lipinski definition) is 3. The molecular weight excluding hydrogens is 244 g/mol. The van der Waals surface area contributed by atoms with Crippen LogP contribution in [0, 0.1) is 11.3 Å². The van der Waals surface area contributed by atoms with Crippen LogP contribution in [0.15, 0.2) is 4.99 Å². The minimum absolute atomic E-state index is 0.311. The molecule has 0 radical (unpaired) electrons. The molecule has 1 saturated carbocycles. The normalized spacial score (nSPS) is 25.5. The molecule has 1 rings (SSSR count). The van der Waals surface area contributed by atoms with E-state index in [0.29, 0.717) is 0 Å². The van der Waals surface area contributed by atoms with Crippen molar-refractivity contribution >= 4 is 17.4 Å². The summed E-state index contributed by atoms with van der Waals surface area (Å²) in [6, 6.07) is 0. The van der Waals surface area contributed by atoms with Gasteiger partial charge >= 0.3 is 5.97 Å². The van der Waals surface area contributed by atoms with Gasteiger partial charge in [-0.05, 0) is 6.42 Å². The highest BCUT2D eigenvalue weighted by molar-refractivity contribution is 6.12. The maximum Gasteiger partial charge on any atom is 0.325 e. The fourth-order valence-corrected chi connectivity index (χ4v) is 1.68. The molecule has 0 amide bonds. The summed E-state index contributed by atoms with van der Waals surface area (Å²) in [4.78, 5) is 13.4. The number of aliphatic carboxylic acids is 1. The van der Waals surface area contributed by atoms with Crippen molar-refractivity contribution in [2.24, 2.45) is 10.9 Å². The second-order valence-corrected chi connectivity index (χ2v) is 3.65. The first-order valence-electron chi connectivity index (χ1n) is 4.76. The molecule has 17 heavy (non-hydrogen) atoms. The summed E-state index contributed by atoms with van der Waals surface area (Å²) in [5, 5.41) is 15.3. The second-order valence-electron chi connectivity index (χ2n) is 3.65. The van der Waals surface area contributed by atoms with Crippen LogP contribution in [-0.4, -0.2) is 41.4 Å². The third-order valence-electron chi connectivity index (χ3n) is 2.45. The largest absolute Gasteiger partial charge is 0.480 e. The van der Waals surface area contributed by atoms with Crippen molar-refractivity contribution in [1.29, 1.82) is 5.41 Å². The molecule has 1 aliphatic rings. The lowest BCUT2D eigenvalue weighted by atomic mass is 10.00. The quantitative estimate of drug-likeness (QED) is 0.593. The van der Waals surface area contributed by atoms with Gasteiger partial charge in [-0.1, -0.05) is 0 Å². The van der Waals surface area contributed by atoms with Crippen molar-refractivity contribution in [3.05, 3.63) is 0 Å². The Bertz CT molecular complexity index is 368. The molecular formula is C9H10F4N2O2. The zero-order valence-electron chi connectivity index (χ0n) is 8.59. The predicted octanol–water partition coefficient (Wildman–Crippen LogP) is 1.84. The van der Waals surface area contributed by atoms with Gasteiger partial charge in [-0.2, -0.15) is 8.78 Å². The molecule has 1 atom stereocenters. The van der Waals surface area contributed by atoms with Crippen molar-refractivity contribution < 1.29 is 27.5 Å². The van der Waals surface area contributed by atoms with E-state index < -0.39 is 48.6 Å². The molecule has 0 aromatic heterocycles. The summed E-state index contributed by atoms with van der Waals surface area (Å²) in [7, 11) is 0. The lowest BCUT2D eigenvalue weighted by Crippen LogP contribution is -2.33. The average molecular weight is 254 g/mol. The first-order chi connectivity index (χ1) is 7.75. The van der Waals surface area contributed by atoms with Crippen LogP contribution < -0.4 is 0 Å². The van der Waals surface area contributed by atoms with Crippen molar-refractivity contribution in [3.8, 4) is 0 Å². The van der Waals surface area contributed by atoms with Gasteiger partial charge in [0.25, 0.3) is 12.3 Å². The number of nitrogens with zero attached hydrogens (tertiary/aromatic N) is 1. The van der Waals surface area contributed by atoms with Crippen LogP contribution >= 0.6 is 0 Å². The maximum atomic E-state index is 13.3. The molecule has 4 nitrogen and oxygen atoms in total. The Hall–Kier alpha value is -1.47. The number of aliphatic imine (C=N–C) groups is 1. The van der Waals surface area contributed by atoms with Crippen molar-refractivity contribution in [3.63, 3.8) is 0 Å². The van der Waals surface area contributed by atoms with Crippen LogP contribution in [0.4, 0.5) is 17.6 Å². The number of carboxylic acid groups (broad SMARTS) is 1. The van der Waals surface area contributed by atoms with Crippen LogP contribution in [-0.2, 0) is 4.79 Å². The Morgan fingerprint density at radius 2 is 2.18 bits per heavy atom. The zero-order chi connectivity index (χ0) is 13.2. The number of halogens is 4. The Kier molecular flexibility index (Phi) is 3.84. The first kappa shape index (κ1) is 13.6. The summed E-state index contributed by atoms with van der Waals surface area (Å²) in [5.41, 5.74) is -2.04. The van der Waals surface area contributed by atoms with Gasteiger partial charge < -0.3 is 10.5 Å². The molecule has 2 N–H and O–H groups in total. The van der Waals surface area contributed by atoms with E-state index in [4.69, 9.17) is 10.5 Å². The molecule has 0 heterocycles. The van der Waals surface area contributed by atoms with E-state index in [1.807, 2.05) is 0 Å². The minimum Gasteiger partial charge on any atom is -0.480 e. The molecule has 8 heteroatoms. The summed E-state index contributed by atoms with van der Waals surface area (Å²) < 4.78 is 51.1. The van der Waals surface area contributed by atoms with E-state index in [1.165, 1.54) is 0 Å². The fourth-order valence-electron chi connectivity index (χ4n) is 1.68. The minimum atomic E-state index is -3.40. The Labute approximate surface area is 93.9 Å². The molecule has 0 aromatic carbocycles. The van der Waals surface area contributed by atoms with Gasteiger partial charge in [0.05, 0.1) is 11.4 Å². The summed E-state index contributed by atoms with van der Waals surface area (Å²) in [6.45, 7) is -0.905. The van der Waals surface area contributed by atoms with E-state index in [2.05, 4.69) is 4.99 Å². The van der Waals surface area contributed by atoms with Gasteiger partial charge in [-0.25, -0.2) is 8.78 Å². The van der Waals surface area contributed by atoms with Crippen LogP contribution in [0.1, 0.15) is 12.8 Å². The Morgan fingerprint density at radius 3 is 2.65 bits per heavy atom. The molecule has 1 aliphatic carbocycles. The maximum absolute atomic E-state index is 13.3. The first-order valence-corrected chi connectivity index (χ1v) is 4.76. The predicted molar refractivity (Wildman–Crippen MR) is 51.3 cm³/mol. The molecule has 0 aliphatic heterocycles. The SMILES string of the molecule is N=C(C(F)F)C1CCC(F)(F)C1=NCC(=O)O. The Morgan fingerprint density at radius 1 is 1.59 bits per heavy atom. The fraction of sp³-hybridized carbons (Fsp3) is 0.667. The van der Waals surface area contributed by atoms with Crippen LogP contribution in [0.3, 0.4) is 0 Å². The molecule has 96 valence electrons. The van der Waals surface area contributed by atoms with Gasteiger partial charge in [0.15, 0.2) is 0 Å². The van der Waals surface area contributed by atoms with Gasteiger partial charge in [-0.15, -0.1) is 0 Å². The third-order valence-corrected chi connectivity index (χ3v) is 2.45. The van der Waals surface area contributed by atoms with Crippen LogP contribution in [0.25, 0.3) is 0 Å². The molecule has 0 bridgehead atoms. The van der Waals surface area contributed by atoms with E-state index in [1.54, 1.807) is 0 Å². The lowest BCUT2D eigenvalue weighted by Gasteiger charge is -2.15. The van der Waals surface area contributed by atoms with E-state index >= 15 is 0 Å².